The van der Waals surface area contributed by atoms with Crippen molar-refractivity contribution in [3.63, 3.8) is 0 Å². The second-order valence-corrected chi connectivity index (χ2v) is 8.98. The molecule has 7 heteroatoms. The maximum Gasteiger partial charge on any atom is 0.244 e. The van der Waals surface area contributed by atoms with E-state index in [4.69, 9.17) is 11.6 Å². The van der Waals surface area contributed by atoms with Gasteiger partial charge in [0.25, 0.3) is 0 Å². The van der Waals surface area contributed by atoms with E-state index in [9.17, 15) is 8.42 Å². The van der Waals surface area contributed by atoms with Crippen molar-refractivity contribution in [2.24, 2.45) is 0 Å². The molecule has 0 radical (unpaired) electrons. The van der Waals surface area contributed by atoms with Crippen LogP contribution in [0.4, 0.5) is 0 Å². The van der Waals surface area contributed by atoms with E-state index in [1.54, 1.807) is 4.31 Å². The van der Waals surface area contributed by atoms with Gasteiger partial charge in [0.05, 0.1) is 5.88 Å². The molecule has 0 bridgehead atoms. The van der Waals surface area contributed by atoms with Crippen molar-refractivity contribution in [1.29, 1.82) is 0 Å². The largest absolute Gasteiger partial charge is 0.299 e. The number of thiophene rings is 1. The Balaban J connectivity index is 2.39. The van der Waals surface area contributed by atoms with Crippen molar-refractivity contribution in [2.75, 3.05) is 26.7 Å². The number of halogens is 1. The fraction of sp³-hybridized carbons (Fsp3) is 0.692. The van der Waals surface area contributed by atoms with Gasteiger partial charge in [-0.2, -0.15) is 4.31 Å². The molecule has 0 amide bonds. The van der Waals surface area contributed by atoms with Gasteiger partial charge in [-0.1, -0.05) is 0 Å². The monoisotopic (exact) mass is 336 g/mol. The standard InChI is InChI=1S/C13H21ClN2O2S2/c1-10-8-19-11(7-14)12(10)20(17,18)16-6-5-15(4)13(2,3)9-16/h8H,5-7,9H2,1-4H3. The average molecular weight is 337 g/mol. The Kier molecular flexibility index (Phi) is 4.52. The van der Waals surface area contributed by atoms with Gasteiger partial charge in [0.15, 0.2) is 0 Å². The quantitative estimate of drug-likeness (QED) is 0.796. The number of aryl methyl sites for hydroxylation is 1. The van der Waals surface area contributed by atoms with Gasteiger partial charge >= 0.3 is 0 Å². The van der Waals surface area contributed by atoms with Crippen LogP contribution in [0.5, 0.6) is 0 Å². The fourth-order valence-electron chi connectivity index (χ4n) is 2.46. The Morgan fingerprint density at radius 1 is 1.40 bits per heavy atom. The first-order valence-electron chi connectivity index (χ1n) is 6.54. The van der Waals surface area contributed by atoms with Crippen LogP contribution in [0.1, 0.15) is 24.3 Å². The van der Waals surface area contributed by atoms with Gasteiger partial charge in [-0.3, -0.25) is 4.90 Å². The SMILES string of the molecule is Cc1csc(CCl)c1S(=O)(=O)N1CCN(C)C(C)(C)C1. The molecule has 0 unspecified atom stereocenters. The summed E-state index contributed by atoms with van der Waals surface area (Å²) in [5, 5.41) is 1.87. The zero-order valence-electron chi connectivity index (χ0n) is 12.3. The predicted molar refractivity (Wildman–Crippen MR) is 84.1 cm³/mol. The lowest BCUT2D eigenvalue weighted by atomic mass is 10.0. The highest BCUT2D eigenvalue weighted by Crippen LogP contribution is 2.32. The highest BCUT2D eigenvalue weighted by Gasteiger charge is 2.38. The number of piperazine rings is 1. The summed E-state index contributed by atoms with van der Waals surface area (Å²) in [5.41, 5.74) is 0.637. The Morgan fingerprint density at radius 2 is 2.05 bits per heavy atom. The van der Waals surface area contributed by atoms with Gasteiger partial charge in [0, 0.05) is 30.1 Å². The molecule has 2 rings (SSSR count). The lowest BCUT2D eigenvalue weighted by Crippen LogP contribution is -2.58. The molecule has 1 saturated heterocycles. The van der Waals surface area contributed by atoms with Crippen LogP contribution in [0.15, 0.2) is 10.3 Å². The van der Waals surface area contributed by atoms with Crippen LogP contribution in [0.3, 0.4) is 0 Å². The van der Waals surface area contributed by atoms with Crippen molar-refractivity contribution >= 4 is 33.0 Å². The molecule has 0 atom stereocenters. The molecule has 1 aromatic rings. The maximum absolute atomic E-state index is 12.9. The Labute approximate surface area is 130 Å². The number of rotatable bonds is 3. The van der Waals surface area contributed by atoms with Crippen LogP contribution in [-0.4, -0.2) is 49.8 Å². The van der Waals surface area contributed by atoms with Crippen LogP contribution in [0.2, 0.25) is 0 Å². The van der Waals surface area contributed by atoms with Crippen molar-refractivity contribution in [3.8, 4) is 0 Å². The molecule has 1 aliphatic rings. The molecule has 20 heavy (non-hydrogen) atoms. The molecule has 0 aliphatic carbocycles. The average Bonchev–Trinajstić information content (AvgIpc) is 2.74. The number of nitrogens with zero attached hydrogens (tertiary/aromatic N) is 2. The van der Waals surface area contributed by atoms with Crippen molar-refractivity contribution in [3.05, 3.63) is 15.8 Å². The van der Waals surface area contributed by atoms with Gasteiger partial charge < -0.3 is 0 Å². The second-order valence-electron chi connectivity index (χ2n) is 5.88. The lowest BCUT2D eigenvalue weighted by Gasteiger charge is -2.44. The first-order valence-corrected chi connectivity index (χ1v) is 9.40. The van der Waals surface area contributed by atoms with E-state index in [1.165, 1.54) is 11.3 Å². The fourth-order valence-corrected chi connectivity index (χ4v) is 6.05. The zero-order chi connectivity index (χ0) is 15.1. The van der Waals surface area contributed by atoms with Gasteiger partial charge in [-0.15, -0.1) is 22.9 Å². The van der Waals surface area contributed by atoms with Crippen LogP contribution in [0.25, 0.3) is 0 Å². The summed E-state index contributed by atoms with van der Waals surface area (Å²) in [6, 6.07) is 0. The molecule has 4 nitrogen and oxygen atoms in total. The molecular formula is C13H21ClN2O2S2. The van der Waals surface area contributed by atoms with E-state index < -0.39 is 10.0 Å². The summed E-state index contributed by atoms with van der Waals surface area (Å²) in [6.07, 6.45) is 0. The number of alkyl halides is 1. The van der Waals surface area contributed by atoms with Crippen LogP contribution in [0, 0.1) is 6.92 Å². The van der Waals surface area contributed by atoms with E-state index >= 15 is 0 Å². The minimum absolute atomic E-state index is 0.156. The van der Waals surface area contributed by atoms with E-state index in [2.05, 4.69) is 18.7 Å². The summed E-state index contributed by atoms with van der Waals surface area (Å²) in [6.45, 7) is 7.74. The smallest absolute Gasteiger partial charge is 0.244 e. The summed E-state index contributed by atoms with van der Waals surface area (Å²) in [5.74, 6) is 0.240. The van der Waals surface area contributed by atoms with Gasteiger partial charge in [-0.05, 0) is 38.8 Å². The highest BCUT2D eigenvalue weighted by molar-refractivity contribution is 7.89. The summed E-state index contributed by atoms with van der Waals surface area (Å²) < 4.78 is 27.4. The van der Waals surface area contributed by atoms with Gasteiger partial charge in [-0.25, -0.2) is 8.42 Å². The molecule has 1 fully saturated rings. The zero-order valence-corrected chi connectivity index (χ0v) is 14.7. The number of hydrogen-bond donors (Lipinski definition) is 0. The maximum atomic E-state index is 12.9. The molecule has 0 N–H and O–H groups in total. The lowest BCUT2D eigenvalue weighted by molar-refractivity contribution is 0.0801. The third-order valence-electron chi connectivity index (χ3n) is 3.99. The summed E-state index contributed by atoms with van der Waals surface area (Å²) in [4.78, 5) is 3.35. The summed E-state index contributed by atoms with van der Waals surface area (Å²) >= 11 is 7.31. The first-order chi connectivity index (χ1) is 9.20. The molecule has 114 valence electrons. The van der Waals surface area contributed by atoms with Crippen molar-refractivity contribution in [2.45, 2.75) is 37.1 Å². The van der Waals surface area contributed by atoms with Gasteiger partial charge in [0.1, 0.15) is 4.90 Å². The second kappa shape index (κ2) is 5.57. The summed E-state index contributed by atoms with van der Waals surface area (Å²) in [7, 11) is -1.42. The third kappa shape index (κ3) is 2.76. The molecule has 2 heterocycles. The van der Waals surface area contributed by atoms with E-state index in [0.717, 1.165) is 17.0 Å². The number of likely N-dealkylation sites (N-methyl/N-ethyl adjacent to an activating group) is 1. The van der Waals surface area contributed by atoms with E-state index in [1.807, 2.05) is 19.4 Å². The van der Waals surface area contributed by atoms with Crippen LogP contribution in [-0.2, 0) is 15.9 Å². The number of sulfonamides is 1. The minimum atomic E-state index is -3.45. The molecule has 0 aromatic carbocycles. The first kappa shape index (κ1) is 16.2. The van der Waals surface area contributed by atoms with E-state index in [0.29, 0.717) is 18.0 Å². The van der Waals surface area contributed by atoms with Crippen LogP contribution < -0.4 is 0 Å². The number of hydrogen-bond acceptors (Lipinski definition) is 4. The molecule has 1 aliphatic heterocycles. The van der Waals surface area contributed by atoms with Crippen molar-refractivity contribution < 1.29 is 8.42 Å². The molecule has 0 spiro atoms. The highest BCUT2D eigenvalue weighted by atomic mass is 35.5. The molecule has 1 aromatic heterocycles. The van der Waals surface area contributed by atoms with E-state index in [-0.39, 0.29) is 11.4 Å². The Hall–Kier alpha value is -0.140. The topological polar surface area (TPSA) is 40.6 Å². The Morgan fingerprint density at radius 3 is 2.60 bits per heavy atom. The predicted octanol–water partition coefficient (Wildman–Crippen LogP) is 2.51. The van der Waals surface area contributed by atoms with Crippen LogP contribution >= 0.6 is 22.9 Å². The van der Waals surface area contributed by atoms with Gasteiger partial charge in [0.2, 0.25) is 10.0 Å². The normalized spacial score (nSPS) is 21.2. The molecular weight excluding hydrogens is 316 g/mol. The molecule has 0 saturated carbocycles. The third-order valence-corrected chi connectivity index (χ3v) is 7.73. The Bertz CT molecular complexity index is 596. The minimum Gasteiger partial charge on any atom is -0.299 e. The van der Waals surface area contributed by atoms with Crippen molar-refractivity contribution in [1.82, 2.24) is 9.21 Å².